The highest BCUT2D eigenvalue weighted by Gasteiger charge is 2.41. The zero-order valence-electron chi connectivity index (χ0n) is 12.7. The van der Waals surface area contributed by atoms with Gasteiger partial charge in [-0.1, -0.05) is 13.8 Å². The van der Waals surface area contributed by atoms with Crippen molar-refractivity contribution in [2.45, 2.75) is 58.8 Å². The predicted octanol–water partition coefficient (Wildman–Crippen LogP) is 2.92. The lowest BCUT2D eigenvalue weighted by Gasteiger charge is -2.40. The molecule has 4 nitrogen and oxygen atoms in total. The molecule has 0 radical (unpaired) electrons. The van der Waals surface area contributed by atoms with Crippen molar-refractivity contribution in [3.63, 3.8) is 0 Å². The number of piperidine rings is 1. The maximum Gasteiger partial charge on any atom is 0.309 e. The fraction of sp³-hybridized carbons (Fsp3) is 0.875. The number of rotatable bonds is 3. The summed E-state index contributed by atoms with van der Waals surface area (Å²) in [6.07, 6.45) is 6.19. The minimum atomic E-state index is -0.696. The lowest BCUT2D eigenvalue weighted by Crippen LogP contribution is -2.48. The molecular formula is C16H27NO3. The minimum Gasteiger partial charge on any atom is -0.481 e. The molecule has 2 rings (SSSR count). The molecule has 0 spiro atoms. The fourth-order valence-corrected chi connectivity index (χ4v) is 3.64. The molecule has 0 aromatic rings. The van der Waals surface area contributed by atoms with E-state index in [0.717, 1.165) is 31.6 Å². The average Bonchev–Trinajstić information content (AvgIpc) is 2.47. The summed E-state index contributed by atoms with van der Waals surface area (Å²) in [7, 11) is 0. The summed E-state index contributed by atoms with van der Waals surface area (Å²) in [5.41, 5.74) is -0.599. The van der Waals surface area contributed by atoms with Crippen molar-refractivity contribution in [3.05, 3.63) is 0 Å². The van der Waals surface area contributed by atoms with Crippen LogP contribution in [0.1, 0.15) is 58.8 Å². The Balaban J connectivity index is 1.90. The molecule has 1 aliphatic heterocycles. The van der Waals surface area contributed by atoms with Crippen LogP contribution in [0.4, 0.5) is 0 Å². The summed E-state index contributed by atoms with van der Waals surface area (Å²) < 4.78 is 0. The molecule has 1 heterocycles. The Labute approximate surface area is 121 Å². The molecule has 0 unspecified atom stereocenters. The van der Waals surface area contributed by atoms with Gasteiger partial charge in [0, 0.05) is 19.0 Å². The summed E-state index contributed by atoms with van der Waals surface area (Å²) in [6.45, 7) is 5.42. The van der Waals surface area contributed by atoms with Gasteiger partial charge in [-0.25, -0.2) is 0 Å². The predicted molar refractivity (Wildman–Crippen MR) is 77.3 cm³/mol. The van der Waals surface area contributed by atoms with Gasteiger partial charge in [0.1, 0.15) is 0 Å². The summed E-state index contributed by atoms with van der Waals surface area (Å²) in [4.78, 5) is 25.8. The van der Waals surface area contributed by atoms with E-state index < -0.39 is 11.4 Å². The van der Waals surface area contributed by atoms with Gasteiger partial charge in [-0.2, -0.15) is 0 Å². The van der Waals surface area contributed by atoms with E-state index in [1.54, 1.807) is 0 Å². The molecule has 2 fully saturated rings. The van der Waals surface area contributed by atoms with Gasteiger partial charge in [-0.3, -0.25) is 9.59 Å². The molecule has 114 valence electrons. The molecule has 1 saturated heterocycles. The van der Waals surface area contributed by atoms with Gasteiger partial charge in [-0.05, 0) is 50.9 Å². The number of carboxylic acids is 1. The van der Waals surface area contributed by atoms with Gasteiger partial charge in [-0.15, -0.1) is 0 Å². The lowest BCUT2D eigenvalue weighted by atomic mass is 9.75. The van der Waals surface area contributed by atoms with Crippen LogP contribution in [0.15, 0.2) is 0 Å². The molecule has 1 saturated carbocycles. The molecular weight excluding hydrogens is 254 g/mol. The van der Waals surface area contributed by atoms with E-state index >= 15 is 0 Å². The van der Waals surface area contributed by atoms with Crippen LogP contribution in [0.2, 0.25) is 0 Å². The number of carboxylic acid groups (broad SMARTS) is 1. The number of amides is 1. The molecule has 2 aliphatic rings. The van der Waals surface area contributed by atoms with Gasteiger partial charge in [0.2, 0.25) is 5.91 Å². The van der Waals surface area contributed by atoms with Crippen molar-refractivity contribution in [2.24, 2.45) is 17.3 Å². The standard InChI is InChI=1S/C16H27NO3/c1-3-16(15(19)20)8-10-17(11-9-16)14(18)13-6-4-12(2)5-7-13/h12-13H,3-11H2,1-2H3,(H,19,20). The number of carbonyl (C=O) groups is 2. The first-order chi connectivity index (χ1) is 9.48. The summed E-state index contributed by atoms with van der Waals surface area (Å²) in [5, 5.41) is 9.39. The summed E-state index contributed by atoms with van der Waals surface area (Å²) in [5.74, 6) is 0.510. The molecule has 20 heavy (non-hydrogen) atoms. The van der Waals surface area contributed by atoms with E-state index in [1.165, 1.54) is 0 Å². The number of nitrogens with zero attached hydrogens (tertiary/aromatic N) is 1. The van der Waals surface area contributed by atoms with Crippen LogP contribution in [-0.4, -0.2) is 35.0 Å². The number of carbonyl (C=O) groups excluding carboxylic acids is 1. The quantitative estimate of drug-likeness (QED) is 0.865. The first-order valence-electron chi connectivity index (χ1n) is 8.00. The van der Waals surface area contributed by atoms with Gasteiger partial charge < -0.3 is 10.0 Å². The van der Waals surface area contributed by atoms with Crippen molar-refractivity contribution >= 4 is 11.9 Å². The van der Waals surface area contributed by atoms with Gasteiger partial charge in [0.25, 0.3) is 0 Å². The van der Waals surface area contributed by atoms with Crippen LogP contribution < -0.4 is 0 Å². The van der Waals surface area contributed by atoms with Crippen LogP contribution in [0, 0.1) is 17.3 Å². The highest BCUT2D eigenvalue weighted by atomic mass is 16.4. The van der Waals surface area contributed by atoms with Gasteiger partial charge >= 0.3 is 5.97 Å². The van der Waals surface area contributed by atoms with Crippen LogP contribution in [-0.2, 0) is 9.59 Å². The number of hydrogen-bond donors (Lipinski definition) is 1. The number of aliphatic carboxylic acids is 1. The highest BCUT2D eigenvalue weighted by molar-refractivity contribution is 5.80. The van der Waals surface area contributed by atoms with Crippen molar-refractivity contribution in [1.29, 1.82) is 0 Å². The van der Waals surface area contributed by atoms with Crippen LogP contribution in [0.25, 0.3) is 0 Å². The first kappa shape index (κ1) is 15.3. The van der Waals surface area contributed by atoms with Crippen molar-refractivity contribution in [1.82, 2.24) is 4.90 Å². The zero-order valence-corrected chi connectivity index (χ0v) is 12.7. The molecule has 1 N–H and O–H groups in total. The SMILES string of the molecule is CCC1(C(=O)O)CCN(C(=O)C2CCC(C)CC2)CC1. The van der Waals surface area contributed by atoms with E-state index in [0.29, 0.717) is 32.4 Å². The normalized spacial score (nSPS) is 30.0. The average molecular weight is 281 g/mol. The first-order valence-corrected chi connectivity index (χ1v) is 8.00. The topological polar surface area (TPSA) is 57.6 Å². The Morgan fingerprint density at radius 1 is 1.15 bits per heavy atom. The monoisotopic (exact) mass is 281 g/mol. The third-order valence-electron chi connectivity index (χ3n) is 5.53. The fourth-order valence-electron chi connectivity index (χ4n) is 3.64. The van der Waals surface area contributed by atoms with E-state index in [4.69, 9.17) is 0 Å². The van der Waals surface area contributed by atoms with E-state index in [1.807, 2.05) is 11.8 Å². The maximum atomic E-state index is 12.5. The van der Waals surface area contributed by atoms with Crippen LogP contribution in [0.3, 0.4) is 0 Å². The largest absolute Gasteiger partial charge is 0.481 e. The molecule has 1 aliphatic carbocycles. The molecule has 0 bridgehead atoms. The summed E-state index contributed by atoms with van der Waals surface area (Å²) in [6, 6.07) is 0. The molecule has 0 atom stereocenters. The Morgan fingerprint density at radius 3 is 2.15 bits per heavy atom. The third-order valence-corrected chi connectivity index (χ3v) is 5.53. The van der Waals surface area contributed by atoms with E-state index in [-0.39, 0.29) is 11.8 Å². The zero-order chi connectivity index (χ0) is 14.8. The second-order valence-corrected chi connectivity index (χ2v) is 6.72. The van der Waals surface area contributed by atoms with Gasteiger partial charge in [0.15, 0.2) is 0 Å². The maximum absolute atomic E-state index is 12.5. The molecule has 4 heteroatoms. The number of hydrogen-bond acceptors (Lipinski definition) is 2. The Morgan fingerprint density at radius 2 is 1.70 bits per heavy atom. The van der Waals surface area contributed by atoms with Crippen molar-refractivity contribution < 1.29 is 14.7 Å². The van der Waals surface area contributed by atoms with E-state index in [9.17, 15) is 14.7 Å². The second-order valence-electron chi connectivity index (χ2n) is 6.72. The second kappa shape index (κ2) is 6.15. The molecule has 0 aromatic heterocycles. The number of likely N-dealkylation sites (tertiary alicyclic amines) is 1. The Bertz CT molecular complexity index is 364. The van der Waals surface area contributed by atoms with Gasteiger partial charge in [0.05, 0.1) is 5.41 Å². The highest BCUT2D eigenvalue weighted by Crippen LogP contribution is 2.37. The van der Waals surface area contributed by atoms with Crippen LogP contribution in [0.5, 0.6) is 0 Å². The van der Waals surface area contributed by atoms with Crippen molar-refractivity contribution in [2.75, 3.05) is 13.1 Å². The smallest absolute Gasteiger partial charge is 0.309 e. The summed E-state index contributed by atoms with van der Waals surface area (Å²) >= 11 is 0. The van der Waals surface area contributed by atoms with Crippen LogP contribution >= 0.6 is 0 Å². The Kier molecular flexibility index (Phi) is 4.71. The molecule has 0 aromatic carbocycles. The Hall–Kier alpha value is -1.06. The lowest BCUT2D eigenvalue weighted by molar-refractivity contribution is -0.155. The molecule has 1 amide bonds. The third kappa shape index (κ3) is 2.99. The van der Waals surface area contributed by atoms with E-state index in [2.05, 4.69) is 6.92 Å². The minimum absolute atomic E-state index is 0.185. The van der Waals surface area contributed by atoms with Crippen molar-refractivity contribution in [3.8, 4) is 0 Å².